The lowest BCUT2D eigenvalue weighted by atomic mass is 9.59. The van der Waals surface area contributed by atoms with E-state index in [4.69, 9.17) is 0 Å². The third-order valence-electron chi connectivity index (χ3n) is 8.19. The lowest BCUT2D eigenvalue weighted by Crippen LogP contribution is -2.39. The molecule has 6 rings (SSSR count). The van der Waals surface area contributed by atoms with Crippen LogP contribution in [0.5, 0.6) is 11.5 Å². The summed E-state index contributed by atoms with van der Waals surface area (Å²) >= 11 is 3.34. The summed E-state index contributed by atoms with van der Waals surface area (Å²) in [6.45, 7) is 1.49. The number of aromatic hydroxyl groups is 1. The van der Waals surface area contributed by atoms with Crippen LogP contribution in [0.3, 0.4) is 0 Å². The van der Waals surface area contributed by atoms with Crippen LogP contribution in [0.4, 0.5) is 18.9 Å². The number of carbonyl (C=O) groups is 4. The molecule has 41 heavy (non-hydrogen) atoms. The maximum absolute atomic E-state index is 13.9. The van der Waals surface area contributed by atoms with Crippen molar-refractivity contribution in [3.63, 3.8) is 0 Å². The molecule has 3 aliphatic carbocycles. The van der Waals surface area contributed by atoms with Crippen molar-refractivity contribution in [3.05, 3.63) is 86.9 Å². The van der Waals surface area contributed by atoms with Gasteiger partial charge in [-0.3, -0.25) is 24.1 Å². The summed E-state index contributed by atoms with van der Waals surface area (Å²) in [5, 5.41) is 10.8. The Morgan fingerprint density at radius 1 is 1.00 bits per heavy atom. The Morgan fingerprint density at radius 2 is 1.71 bits per heavy atom. The highest BCUT2D eigenvalue weighted by Crippen LogP contribution is 2.56. The number of carbonyl (C=O) groups excluding carboxylic acids is 4. The van der Waals surface area contributed by atoms with Gasteiger partial charge in [-0.2, -0.15) is 0 Å². The van der Waals surface area contributed by atoms with Crippen molar-refractivity contribution >= 4 is 45.0 Å². The molecule has 2 amide bonds. The van der Waals surface area contributed by atoms with Crippen molar-refractivity contribution < 1.29 is 42.2 Å². The van der Waals surface area contributed by atoms with E-state index in [1.54, 1.807) is 30.3 Å². The zero-order chi connectivity index (χ0) is 29.4. The van der Waals surface area contributed by atoms with Crippen LogP contribution in [0.25, 0.3) is 0 Å². The Balaban J connectivity index is 1.49. The van der Waals surface area contributed by atoms with Crippen molar-refractivity contribution in [1.82, 2.24) is 0 Å². The maximum atomic E-state index is 13.9. The molecule has 1 aliphatic heterocycles. The molecule has 0 saturated carbocycles. The van der Waals surface area contributed by atoms with E-state index in [1.165, 1.54) is 13.0 Å². The second-order valence-corrected chi connectivity index (χ2v) is 11.4. The normalized spacial score (nSPS) is 25.9. The average Bonchev–Trinajstić information content (AvgIpc) is 3.17. The van der Waals surface area contributed by atoms with Gasteiger partial charge in [0, 0.05) is 32.7 Å². The standard InChI is InChI=1S/C30H21BrF3NO6/c1-13-10-23(37)26-21(27(13)38)12-19-17(24(26)20-11-16(6-9-22(20)36)41-30(32,33)34)7-8-18-25(19)29(40)35(28(18)39)15-4-2-14(31)3-5-15/h2-7,9-11,18-19,24-25,36H,8,12H2,1H3. The quantitative estimate of drug-likeness (QED) is 0.267. The first-order valence-electron chi connectivity index (χ1n) is 12.8. The Kier molecular flexibility index (Phi) is 6.33. The fraction of sp³-hybridized carbons (Fsp3) is 0.267. The Hall–Kier alpha value is -3.99. The number of hydrogen-bond acceptors (Lipinski definition) is 6. The summed E-state index contributed by atoms with van der Waals surface area (Å²) in [7, 11) is 0. The number of alkyl halides is 3. The zero-order valence-corrected chi connectivity index (χ0v) is 23.0. The second-order valence-electron chi connectivity index (χ2n) is 10.5. The third-order valence-corrected chi connectivity index (χ3v) is 8.72. The predicted octanol–water partition coefficient (Wildman–Crippen LogP) is 5.69. The number of benzene rings is 2. The van der Waals surface area contributed by atoms with E-state index in [0.29, 0.717) is 11.3 Å². The molecule has 4 aliphatic rings. The molecule has 7 nitrogen and oxygen atoms in total. The average molecular weight is 628 g/mol. The molecule has 1 fully saturated rings. The molecule has 1 saturated heterocycles. The summed E-state index contributed by atoms with van der Waals surface area (Å²) in [5.41, 5.74) is 1.19. The van der Waals surface area contributed by atoms with Crippen LogP contribution in [0, 0.1) is 17.8 Å². The molecule has 0 spiro atoms. The molecular formula is C30H21BrF3NO6. The summed E-state index contributed by atoms with van der Waals surface area (Å²) in [6, 6.07) is 9.65. The zero-order valence-electron chi connectivity index (χ0n) is 21.4. The van der Waals surface area contributed by atoms with Gasteiger partial charge >= 0.3 is 6.36 Å². The number of ketones is 2. The SMILES string of the molecule is CC1=CC(=O)C2=C(CC3C(=CCC4C(=O)N(c5ccc(Br)cc5)C(=O)C43)C2c2cc(OC(F)(F)F)ccc2O)C1=O. The van der Waals surface area contributed by atoms with E-state index in [0.717, 1.165) is 27.6 Å². The second kappa shape index (κ2) is 9.54. The number of phenols is 1. The van der Waals surface area contributed by atoms with Crippen molar-refractivity contribution in [2.24, 2.45) is 17.8 Å². The highest BCUT2D eigenvalue weighted by atomic mass is 79.9. The first-order valence-corrected chi connectivity index (χ1v) is 13.6. The first-order chi connectivity index (χ1) is 19.4. The number of anilines is 1. The molecule has 4 atom stereocenters. The number of hydrogen-bond donors (Lipinski definition) is 1. The number of allylic oxidation sites excluding steroid dienone is 6. The van der Waals surface area contributed by atoms with Gasteiger partial charge in [-0.15, -0.1) is 13.2 Å². The van der Waals surface area contributed by atoms with Crippen LogP contribution < -0.4 is 9.64 Å². The van der Waals surface area contributed by atoms with Crippen molar-refractivity contribution in [2.45, 2.75) is 32.0 Å². The van der Waals surface area contributed by atoms with Gasteiger partial charge in [0.15, 0.2) is 11.6 Å². The molecule has 11 heteroatoms. The molecule has 1 heterocycles. The van der Waals surface area contributed by atoms with E-state index < -0.39 is 59.0 Å². The fourth-order valence-corrected chi connectivity index (χ4v) is 6.81. The largest absolute Gasteiger partial charge is 0.573 e. The number of fused-ring (bicyclic) bond motifs is 3. The number of Topliss-reactive ketones (excluding diaryl/α,β-unsaturated/α-hetero) is 1. The van der Waals surface area contributed by atoms with Gasteiger partial charge in [0.2, 0.25) is 11.8 Å². The molecule has 0 radical (unpaired) electrons. The predicted molar refractivity (Wildman–Crippen MR) is 143 cm³/mol. The van der Waals surface area contributed by atoms with Crippen LogP contribution in [-0.4, -0.2) is 34.8 Å². The van der Waals surface area contributed by atoms with Crippen LogP contribution in [0.2, 0.25) is 0 Å². The Labute approximate surface area is 240 Å². The Bertz CT molecular complexity index is 1640. The number of nitrogens with zero attached hydrogens (tertiary/aromatic N) is 1. The van der Waals surface area contributed by atoms with E-state index in [-0.39, 0.29) is 41.0 Å². The summed E-state index contributed by atoms with van der Waals surface area (Å²) in [5.74, 6) is -6.20. The molecule has 2 aromatic carbocycles. The highest BCUT2D eigenvalue weighted by Gasteiger charge is 2.56. The summed E-state index contributed by atoms with van der Waals surface area (Å²) < 4.78 is 44.0. The number of amides is 2. The Morgan fingerprint density at radius 3 is 2.39 bits per heavy atom. The van der Waals surface area contributed by atoms with Crippen molar-refractivity contribution in [3.8, 4) is 11.5 Å². The molecule has 1 N–H and O–H groups in total. The lowest BCUT2D eigenvalue weighted by Gasteiger charge is -2.42. The van der Waals surface area contributed by atoms with E-state index in [2.05, 4.69) is 20.7 Å². The van der Waals surface area contributed by atoms with Gasteiger partial charge in [-0.05, 0) is 74.2 Å². The van der Waals surface area contributed by atoms with Crippen molar-refractivity contribution in [1.29, 1.82) is 0 Å². The van der Waals surface area contributed by atoms with E-state index in [9.17, 15) is 37.5 Å². The first kappa shape index (κ1) is 27.2. The minimum atomic E-state index is -5.01. The molecule has 0 aromatic heterocycles. The number of phenolic OH excluding ortho intramolecular Hbond substituents is 1. The van der Waals surface area contributed by atoms with Gasteiger partial charge in [0.25, 0.3) is 0 Å². The number of imide groups is 1. The minimum absolute atomic E-state index is 0.00128. The van der Waals surface area contributed by atoms with Gasteiger partial charge in [-0.1, -0.05) is 27.6 Å². The summed E-state index contributed by atoms with van der Waals surface area (Å²) in [6.07, 6.45) is -1.97. The molecule has 4 unspecified atom stereocenters. The third kappa shape index (κ3) is 4.43. The smallest absolute Gasteiger partial charge is 0.508 e. The van der Waals surface area contributed by atoms with Crippen LogP contribution >= 0.6 is 15.9 Å². The molecule has 2 aromatic rings. The van der Waals surface area contributed by atoms with Crippen LogP contribution in [-0.2, 0) is 19.2 Å². The molecular weight excluding hydrogens is 607 g/mol. The van der Waals surface area contributed by atoms with Crippen LogP contribution in [0.15, 0.2) is 81.4 Å². The highest BCUT2D eigenvalue weighted by molar-refractivity contribution is 9.10. The molecule has 210 valence electrons. The lowest BCUT2D eigenvalue weighted by molar-refractivity contribution is -0.274. The van der Waals surface area contributed by atoms with Gasteiger partial charge in [-0.25, -0.2) is 0 Å². The topological polar surface area (TPSA) is 101 Å². The van der Waals surface area contributed by atoms with Gasteiger partial charge in [0.1, 0.15) is 11.5 Å². The van der Waals surface area contributed by atoms with Gasteiger partial charge in [0.05, 0.1) is 17.5 Å². The number of halogens is 4. The maximum Gasteiger partial charge on any atom is 0.573 e. The van der Waals surface area contributed by atoms with E-state index in [1.807, 2.05) is 0 Å². The number of ether oxygens (including phenoxy) is 1. The van der Waals surface area contributed by atoms with Crippen molar-refractivity contribution in [2.75, 3.05) is 4.90 Å². The fourth-order valence-electron chi connectivity index (χ4n) is 6.54. The minimum Gasteiger partial charge on any atom is -0.508 e. The molecule has 0 bridgehead atoms. The monoisotopic (exact) mass is 627 g/mol. The summed E-state index contributed by atoms with van der Waals surface area (Å²) in [4.78, 5) is 55.2. The van der Waals surface area contributed by atoms with Gasteiger partial charge < -0.3 is 9.84 Å². The number of rotatable bonds is 3. The van der Waals surface area contributed by atoms with E-state index >= 15 is 0 Å². The van der Waals surface area contributed by atoms with Crippen LogP contribution in [0.1, 0.15) is 31.2 Å².